The lowest BCUT2D eigenvalue weighted by Gasteiger charge is -2.04. The lowest BCUT2D eigenvalue weighted by molar-refractivity contribution is -0.117. The molecule has 0 unspecified atom stereocenters. The van der Waals surface area contributed by atoms with Crippen molar-refractivity contribution in [3.05, 3.63) is 83.7 Å². The van der Waals surface area contributed by atoms with E-state index >= 15 is 0 Å². The maximum absolute atomic E-state index is 13.1. The maximum Gasteiger partial charge on any atom is 0.272 e. The van der Waals surface area contributed by atoms with Gasteiger partial charge in [-0.05, 0) is 42.5 Å². The number of halogens is 1. The molecule has 6 N–H and O–H groups in total. The number of benzene rings is 1. The van der Waals surface area contributed by atoms with Crippen molar-refractivity contribution < 1.29 is 24.0 Å². The number of amides is 5. The molecule has 0 spiro atoms. The zero-order chi connectivity index (χ0) is 32.7. The molecule has 3 heterocycles. The predicted molar refractivity (Wildman–Crippen MR) is 174 cm³/mol. The van der Waals surface area contributed by atoms with Gasteiger partial charge in [0.25, 0.3) is 23.6 Å². The molecular formula is C30H33ClN8O5S. The number of carbonyl (C=O) groups is 5. The van der Waals surface area contributed by atoms with E-state index < -0.39 is 23.6 Å². The molecule has 3 aromatic heterocycles. The number of thioether (sulfide) groups is 1. The number of primary amides is 1. The second kappa shape index (κ2) is 14.7. The summed E-state index contributed by atoms with van der Waals surface area (Å²) in [6.07, 6.45) is 4.82. The van der Waals surface area contributed by atoms with Crippen molar-refractivity contribution in [2.75, 3.05) is 34.1 Å². The quantitative estimate of drug-likeness (QED) is 0.109. The summed E-state index contributed by atoms with van der Waals surface area (Å²) in [6, 6.07) is 11.8. The Morgan fingerprint density at radius 1 is 0.711 bits per heavy atom. The van der Waals surface area contributed by atoms with Gasteiger partial charge in [-0.25, -0.2) is 0 Å². The number of hydrogen-bond acceptors (Lipinski definition) is 6. The highest BCUT2D eigenvalue weighted by Gasteiger charge is 2.19. The lowest BCUT2D eigenvalue weighted by Crippen LogP contribution is -2.29. The Hall–Kier alpha value is -4.95. The Kier molecular flexibility index (Phi) is 10.8. The minimum absolute atomic E-state index is 0.0125. The van der Waals surface area contributed by atoms with Gasteiger partial charge in [-0.2, -0.15) is 0 Å². The summed E-state index contributed by atoms with van der Waals surface area (Å²) >= 11 is 7.33. The summed E-state index contributed by atoms with van der Waals surface area (Å²) in [5, 5.41) is 10.9. The number of aromatic nitrogens is 3. The van der Waals surface area contributed by atoms with Crippen LogP contribution in [0.3, 0.4) is 0 Å². The zero-order valence-corrected chi connectivity index (χ0v) is 26.4. The van der Waals surface area contributed by atoms with Crippen LogP contribution in [0, 0.1) is 0 Å². The molecule has 0 aliphatic heterocycles. The van der Waals surface area contributed by atoms with Gasteiger partial charge in [-0.3, -0.25) is 24.0 Å². The molecule has 4 rings (SSSR count). The van der Waals surface area contributed by atoms with E-state index in [2.05, 4.69) is 21.3 Å². The van der Waals surface area contributed by atoms with Crippen LogP contribution in [0.4, 0.5) is 17.1 Å². The van der Waals surface area contributed by atoms with Crippen molar-refractivity contribution in [3.63, 3.8) is 0 Å². The van der Waals surface area contributed by atoms with E-state index in [0.717, 1.165) is 10.6 Å². The summed E-state index contributed by atoms with van der Waals surface area (Å²) < 4.78 is 4.69. The Bertz CT molecular complexity index is 1740. The zero-order valence-electron chi connectivity index (χ0n) is 24.8. The SMILES string of the molecule is Cn1cc(NC(=O)c2cc(NC(=O)c3cc(NC(=O)c4ccc(SCCCl)cc4)cn3C)cn2C)cc1C(=O)NCCC(N)=O. The van der Waals surface area contributed by atoms with Crippen LogP contribution in [-0.4, -0.2) is 61.4 Å². The topological polar surface area (TPSA) is 174 Å². The molecule has 0 bridgehead atoms. The van der Waals surface area contributed by atoms with E-state index in [0.29, 0.717) is 34.2 Å². The average Bonchev–Trinajstić information content (AvgIpc) is 3.67. The van der Waals surface area contributed by atoms with Crippen molar-refractivity contribution in [2.24, 2.45) is 26.9 Å². The molecule has 0 saturated heterocycles. The molecule has 0 aliphatic carbocycles. The normalized spacial score (nSPS) is 10.8. The van der Waals surface area contributed by atoms with Crippen molar-refractivity contribution in [1.82, 2.24) is 19.0 Å². The number of nitrogens with one attached hydrogen (secondary N) is 4. The molecule has 236 valence electrons. The predicted octanol–water partition coefficient (Wildman–Crippen LogP) is 3.40. The summed E-state index contributed by atoms with van der Waals surface area (Å²) in [4.78, 5) is 63.2. The van der Waals surface area contributed by atoms with Gasteiger partial charge in [0.05, 0.1) is 17.1 Å². The highest BCUT2D eigenvalue weighted by atomic mass is 35.5. The first kappa shape index (κ1) is 33.0. The van der Waals surface area contributed by atoms with Gasteiger partial charge in [-0.15, -0.1) is 23.4 Å². The number of carbonyl (C=O) groups excluding carboxylic acids is 5. The molecular weight excluding hydrogens is 620 g/mol. The van der Waals surface area contributed by atoms with Gasteiger partial charge in [0, 0.05) is 74.8 Å². The Labute approximate surface area is 268 Å². The third-order valence-electron chi connectivity index (χ3n) is 6.61. The van der Waals surface area contributed by atoms with Gasteiger partial charge < -0.3 is 40.7 Å². The molecule has 0 saturated carbocycles. The number of rotatable bonds is 13. The number of anilines is 3. The van der Waals surface area contributed by atoms with Crippen LogP contribution >= 0.6 is 23.4 Å². The van der Waals surface area contributed by atoms with E-state index in [1.165, 1.54) is 12.1 Å². The highest BCUT2D eigenvalue weighted by molar-refractivity contribution is 7.99. The van der Waals surface area contributed by atoms with Crippen molar-refractivity contribution in [3.8, 4) is 0 Å². The van der Waals surface area contributed by atoms with Gasteiger partial charge in [0.15, 0.2) is 0 Å². The smallest absolute Gasteiger partial charge is 0.272 e. The summed E-state index contributed by atoms with van der Waals surface area (Å²) in [7, 11) is 4.99. The fraction of sp³-hybridized carbons (Fsp3) is 0.233. The average molecular weight is 653 g/mol. The van der Waals surface area contributed by atoms with Gasteiger partial charge in [0.1, 0.15) is 17.1 Å². The minimum Gasteiger partial charge on any atom is -0.370 e. The summed E-state index contributed by atoms with van der Waals surface area (Å²) in [5.74, 6) is -0.838. The fourth-order valence-electron chi connectivity index (χ4n) is 4.42. The van der Waals surface area contributed by atoms with Crippen LogP contribution in [-0.2, 0) is 25.9 Å². The summed E-state index contributed by atoms with van der Waals surface area (Å²) in [6.45, 7) is 0.0987. The van der Waals surface area contributed by atoms with Crippen LogP contribution in [0.5, 0.6) is 0 Å². The molecule has 0 aliphatic rings. The van der Waals surface area contributed by atoms with E-state index in [1.807, 2.05) is 12.1 Å². The molecule has 4 aromatic rings. The number of nitrogens with two attached hydrogens (primary N) is 1. The second-order valence-corrected chi connectivity index (χ2v) is 11.6. The van der Waals surface area contributed by atoms with Crippen LogP contribution in [0.25, 0.3) is 0 Å². The number of alkyl halides is 1. The maximum atomic E-state index is 13.1. The number of nitrogens with zero attached hydrogens (tertiary/aromatic N) is 3. The van der Waals surface area contributed by atoms with E-state index in [1.54, 1.807) is 83.4 Å². The first-order valence-corrected chi connectivity index (χ1v) is 15.3. The van der Waals surface area contributed by atoms with Gasteiger partial charge in [-0.1, -0.05) is 0 Å². The molecule has 0 radical (unpaired) electrons. The van der Waals surface area contributed by atoms with Gasteiger partial charge in [0.2, 0.25) is 5.91 Å². The van der Waals surface area contributed by atoms with Crippen LogP contribution < -0.4 is 27.0 Å². The van der Waals surface area contributed by atoms with Gasteiger partial charge >= 0.3 is 0 Å². The molecule has 0 fully saturated rings. The van der Waals surface area contributed by atoms with Crippen molar-refractivity contribution in [1.29, 1.82) is 0 Å². The van der Waals surface area contributed by atoms with Crippen molar-refractivity contribution >= 4 is 70.0 Å². The monoisotopic (exact) mass is 652 g/mol. The Morgan fingerprint density at radius 3 is 1.60 bits per heavy atom. The van der Waals surface area contributed by atoms with E-state index in [-0.39, 0.29) is 30.3 Å². The summed E-state index contributed by atoms with van der Waals surface area (Å²) in [5.41, 5.74) is 7.62. The highest BCUT2D eigenvalue weighted by Crippen LogP contribution is 2.21. The lowest BCUT2D eigenvalue weighted by atomic mass is 10.2. The third-order valence-corrected chi connectivity index (χ3v) is 8.03. The molecule has 15 heteroatoms. The minimum atomic E-state index is -0.526. The standard InChI is InChI=1S/C30H33ClN8O5S/c1-37-16-20(12-23(37)28(42)33-10-8-26(32)40)35-30(44)25-14-21(17-39(25)3)36-29(43)24-13-19(15-38(24)2)34-27(41)18-4-6-22(7-5-18)45-11-9-31/h4-7,12-17H,8-11H2,1-3H3,(H2,32,40)(H,33,42)(H,34,41)(H,35,44)(H,36,43). The van der Waals surface area contributed by atoms with Crippen LogP contribution in [0.15, 0.2) is 66.0 Å². The molecule has 1 aromatic carbocycles. The molecule has 5 amide bonds. The Balaban J connectivity index is 1.36. The first-order chi connectivity index (χ1) is 21.4. The number of aryl methyl sites for hydroxylation is 3. The molecule has 45 heavy (non-hydrogen) atoms. The first-order valence-electron chi connectivity index (χ1n) is 13.7. The van der Waals surface area contributed by atoms with E-state index in [9.17, 15) is 24.0 Å². The third kappa shape index (κ3) is 8.58. The Morgan fingerprint density at radius 2 is 1.16 bits per heavy atom. The van der Waals surface area contributed by atoms with E-state index in [4.69, 9.17) is 17.3 Å². The molecule has 0 atom stereocenters. The second-order valence-electron chi connectivity index (χ2n) is 10.1. The largest absolute Gasteiger partial charge is 0.370 e. The molecule has 13 nitrogen and oxygen atoms in total. The number of hydrogen-bond donors (Lipinski definition) is 5. The van der Waals surface area contributed by atoms with Crippen molar-refractivity contribution in [2.45, 2.75) is 11.3 Å². The fourth-order valence-corrected chi connectivity index (χ4v) is 5.29. The van der Waals surface area contributed by atoms with Crippen LogP contribution in [0.1, 0.15) is 48.2 Å². The van der Waals surface area contributed by atoms with Crippen LogP contribution in [0.2, 0.25) is 0 Å².